The van der Waals surface area contributed by atoms with E-state index in [1.165, 1.54) is 65.3 Å². The highest BCUT2D eigenvalue weighted by Gasteiger charge is 2.27. The Hall–Kier alpha value is -13.9. The molecule has 0 unspecified atom stereocenters. The number of halogens is 1. The van der Waals surface area contributed by atoms with Crippen molar-refractivity contribution < 1.29 is 83.3 Å². The van der Waals surface area contributed by atoms with Gasteiger partial charge in [-0.3, -0.25) is 24.3 Å². The van der Waals surface area contributed by atoms with Crippen molar-refractivity contribution >= 4 is 42.2 Å². The number of aromatic amines is 2. The molecule has 11 aromatic rings. The van der Waals surface area contributed by atoms with Crippen molar-refractivity contribution in [1.29, 1.82) is 0 Å². The number of nitrogens with zero attached hydrogens (tertiary/aromatic N) is 8. The summed E-state index contributed by atoms with van der Waals surface area (Å²) in [7, 11) is 8.37. The maximum Gasteiger partial charge on any atom is 0.519 e. The first-order valence-electron chi connectivity index (χ1n) is 38.8. The van der Waals surface area contributed by atoms with Crippen molar-refractivity contribution in [1.82, 2.24) is 49.5 Å². The first-order chi connectivity index (χ1) is 58.2. The number of nitro groups is 1. The van der Waals surface area contributed by atoms with Gasteiger partial charge in [-0.05, 0) is 178 Å². The minimum atomic E-state index is -1.01. The maximum atomic E-state index is 13.3. The van der Waals surface area contributed by atoms with Gasteiger partial charge in [0.05, 0.1) is 78.6 Å². The summed E-state index contributed by atoms with van der Waals surface area (Å²) in [5, 5.41) is 68.8. The van der Waals surface area contributed by atoms with E-state index in [1.807, 2.05) is 145 Å². The van der Waals surface area contributed by atoms with Crippen LogP contribution in [0.4, 0.5) is 19.7 Å². The Labute approximate surface area is 693 Å². The van der Waals surface area contributed by atoms with Gasteiger partial charge < -0.3 is 73.3 Å². The largest absolute Gasteiger partial charge is 0.519 e. The molecule has 2 aliphatic rings. The van der Waals surface area contributed by atoms with E-state index < -0.39 is 35.7 Å². The number of phenolic OH excluding ortho intramolecular Hbond substituents is 4. The van der Waals surface area contributed by atoms with Gasteiger partial charge in [-0.2, -0.15) is 10.2 Å². The van der Waals surface area contributed by atoms with E-state index in [-0.39, 0.29) is 57.8 Å². The molecule has 630 valence electrons. The van der Waals surface area contributed by atoms with Gasteiger partial charge in [0.1, 0.15) is 28.7 Å². The lowest BCUT2D eigenvalue weighted by atomic mass is 9.98. The van der Waals surface area contributed by atoms with Crippen molar-refractivity contribution in [2.75, 3.05) is 102 Å². The molecular weight excluding hydrogens is 1550 g/mol. The first-order valence-corrected chi connectivity index (χ1v) is 38.1. The number of hydrogen-bond donors (Lipinski definition) is 7. The van der Waals surface area contributed by atoms with Gasteiger partial charge in [-0.1, -0.05) is 88.4 Å². The molecule has 2 saturated heterocycles. The number of methoxy groups -OCH3 is 6. The SMILES string of the molecule is CC(C)c1cc(-c2n[nH]c(=O)n2-c2ccc(CN3CCNCC3)cc2)c(O)cc1O.COc1ccc(/C=C\c2cc(C)c(OC)c(OC)c2)cc1OC(=O)N1CCN(Cc2ccc(-n3c(-c4cc(C(C)C)c(O)cc4O)n[nH]c3=O)cc2)CC1.COc1ccc(/C=C\c2cc(C)c(OC)c(OC)c2)cc1OC(=O)Oc1ccc([N+](=O)[O-])cc1.[2H]CF. The van der Waals surface area contributed by atoms with Crippen molar-refractivity contribution in [3.8, 4) is 109 Å². The van der Waals surface area contributed by atoms with Crippen molar-refractivity contribution in [3.63, 3.8) is 0 Å². The average molecular weight is 1650 g/mol. The summed E-state index contributed by atoms with van der Waals surface area (Å²) in [5.74, 6) is 4.27. The van der Waals surface area contributed by atoms with Gasteiger partial charge in [-0.25, -0.2) is 38.5 Å². The molecule has 0 bridgehead atoms. The van der Waals surface area contributed by atoms with Crippen molar-refractivity contribution in [2.24, 2.45) is 0 Å². The molecule has 7 N–H and O–H groups in total. The minimum Gasteiger partial charge on any atom is -0.508 e. The van der Waals surface area contributed by atoms with Gasteiger partial charge in [0, 0.05) is 89.7 Å². The molecule has 31 heteroatoms. The standard InChI is InChI=1S/C41H45N5O8.C25H23NO8.C22H27N5O3.CH3F/c1-25(2)31-22-32(34(48)23-33(31)47)39-42-43-40(49)46(39)30-12-9-28(10-13-30)24-44-15-17-45(18-16-44)41(50)54-36-20-27(11-14-35(36)51-4)7-8-29-19-26(3)38(53-6)37(21-29)52-5;1-16-13-18(15-23(31-3)24(16)32-4)6-5-17-7-12-21(30-2)22(14-17)34-25(27)33-20-10-8-19(9-11-20)26(28)29;1-14(2)17-11-18(20(29)12-19(17)28)21-24-25-22(30)27(21)16-5-3-15(4-6-16)13-26-9-7-23-8-10-26;1-2/h7-14,19-23,25,47-48H,15-18,24H2,1-6H3,(H,43,49);5-15H,1-4H3;3-6,11-12,14,23,28-29H,7-10,13H2,1-2H3,(H,25,30);1H3/b8-7-;6-5-;;/i;;;1D. The van der Waals surface area contributed by atoms with Crippen LogP contribution in [-0.4, -0.2) is 184 Å². The number of piperazine rings is 2. The molecule has 120 heavy (non-hydrogen) atoms. The number of aryl methyl sites for hydroxylation is 2. The predicted octanol–water partition coefficient (Wildman–Crippen LogP) is 15.0. The van der Waals surface area contributed by atoms with Gasteiger partial charge >= 0.3 is 23.6 Å². The van der Waals surface area contributed by atoms with E-state index in [4.69, 9.17) is 44.0 Å². The third-order valence-electron chi connectivity index (χ3n) is 19.7. The molecule has 2 aliphatic heterocycles. The minimum absolute atomic E-state index is 0.00842. The zero-order valence-electron chi connectivity index (χ0n) is 69.6. The fourth-order valence-corrected chi connectivity index (χ4v) is 13.6. The number of nitrogens with one attached hydrogen (secondary N) is 3. The number of alkyl halides is 1. The molecule has 13 rings (SSSR count). The second kappa shape index (κ2) is 41.3. The van der Waals surface area contributed by atoms with Crippen LogP contribution in [0.3, 0.4) is 0 Å². The summed E-state index contributed by atoms with van der Waals surface area (Å²) in [5.41, 5.74) is 9.78. The Kier molecular flexibility index (Phi) is 29.9. The summed E-state index contributed by atoms with van der Waals surface area (Å²) >= 11 is 0. The Balaban J connectivity index is 0.000000198. The van der Waals surface area contributed by atoms with E-state index in [0.717, 1.165) is 71.7 Å². The number of benzene rings is 9. The third-order valence-corrected chi connectivity index (χ3v) is 19.7. The highest BCUT2D eigenvalue weighted by atomic mass is 19.1. The predicted molar refractivity (Wildman–Crippen MR) is 454 cm³/mol. The van der Waals surface area contributed by atoms with Crippen LogP contribution in [0.1, 0.15) is 96.5 Å². The number of rotatable bonds is 24. The number of ether oxygens (including phenoxy) is 9. The molecular formula is C89H98FN11O19. The fourth-order valence-electron chi connectivity index (χ4n) is 13.6. The Morgan fingerprint density at radius 3 is 1.30 bits per heavy atom. The summed E-state index contributed by atoms with van der Waals surface area (Å²) in [6.07, 6.45) is 6.15. The second-order valence-electron chi connectivity index (χ2n) is 28.4. The number of H-pyrrole nitrogens is 2. The van der Waals surface area contributed by atoms with E-state index in [1.54, 1.807) is 75.8 Å². The number of carbonyl (C=O) groups excluding carboxylic acids is 2. The smallest absolute Gasteiger partial charge is 0.508 e. The molecule has 1 amide bonds. The maximum absolute atomic E-state index is 13.3. The molecule has 4 heterocycles. The van der Waals surface area contributed by atoms with Crippen LogP contribution < -0.4 is 59.3 Å². The lowest BCUT2D eigenvalue weighted by molar-refractivity contribution is -0.384. The zero-order chi connectivity index (χ0) is 87.1. The Morgan fingerprint density at radius 2 is 0.900 bits per heavy atom. The van der Waals surface area contributed by atoms with Gasteiger partial charge in [-0.15, -0.1) is 0 Å². The van der Waals surface area contributed by atoms with Crippen molar-refractivity contribution in [2.45, 2.75) is 66.5 Å². The number of phenols is 4. The topological polar surface area (TPSA) is 364 Å². The van der Waals surface area contributed by atoms with Crippen LogP contribution in [0.15, 0.2) is 167 Å². The van der Waals surface area contributed by atoms with Gasteiger partial charge in [0.2, 0.25) is 0 Å². The highest BCUT2D eigenvalue weighted by molar-refractivity contribution is 5.78. The van der Waals surface area contributed by atoms with Crippen LogP contribution in [0.2, 0.25) is 0 Å². The molecule has 0 spiro atoms. The highest BCUT2D eigenvalue weighted by Crippen LogP contribution is 2.41. The monoisotopic (exact) mass is 1640 g/mol. The molecule has 9 aromatic carbocycles. The van der Waals surface area contributed by atoms with Crippen LogP contribution in [0.25, 0.3) is 58.5 Å². The third kappa shape index (κ3) is 22.0. The fraction of sp³-hybridized carbons (Fsp3) is 0.281. The summed E-state index contributed by atoms with van der Waals surface area (Å²) in [6, 6.07) is 44.5. The molecule has 0 aliphatic carbocycles. The first kappa shape index (κ1) is 86.9. The second-order valence-corrected chi connectivity index (χ2v) is 28.4. The summed E-state index contributed by atoms with van der Waals surface area (Å²) in [6.45, 7) is 19.5. The quantitative estimate of drug-likeness (QED) is 0.00971. The summed E-state index contributed by atoms with van der Waals surface area (Å²) in [4.78, 5) is 67.4. The van der Waals surface area contributed by atoms with E-state index >= 15 is 0 Å². The number of aromatic nitrogens is 6. The molecule has 30 nitrogen and oxygen atoms in total. The van der Waals surface area contributed by atoms with Crippen LogP contribution >= 0.6 is 0 Å². The number of aromatic hydroxyl groups is 4. The average Bonchev–Trinajstić information content (AvgIpc) is 1.68. The van der Waals surface area contributed by atoms with Crippen LogP contribution in [-0.2, 0) is 13.1 Å². The molecule has 2 aromatic heterocycles. The molecule has 2 fully saturated rings. The Bertz CT molecular complexity index is 5600. The molecule has 0 atom stereocenters. The van der Waals surface area contributed by atoms with Crippen LogP contribution in [0, 0.1) is 24.0 Å². The summed E-state index contributed by atoms with van der Waals surface area (Å²) < 4.78 is 67.0. The van der Waals surface area contributed by atoms with Gasteiger partial charge in [0.15, 0.2) is 57.6 Å². The number of non-ortho nitro benzene ring substituents is 1. The number of carbonyl (C=O) groups is 2. The molecule has 0 saturated carbocycles. The zero-order valence-corrected chi connectivity index (χ0v) is 68.6. The normalized spacial score (nSPS) is 13.0. The Morgan fingerprint density at radius 1 is 0.500 bits per heavy atom. The molecule has 0 radical (unpaired) electrons. The lowest BCUT2D eigenvalue weighted by Crippen LogP contribution is -2.49. The lowest BCUT2D eigenvalue weighted by Gasteiger charge is -2.34. The number of amides is 1. The van der Waals surface area contributed by atoms with E-state index in [9.17, 15) is 54.1 Å². The van der Waals surface area contributed by atoms with Crippen molar-refractivity contribution in [3.05, 3.63) is 244 Å². The number of hydrogen-bond acceptors (Lipinski definition) is 24. The van der Waals surface area contributed by atoms with E-state index in [0.29, 0.717) is 112 Å². The van der Waals surface area contributed by atoms with Gasteiger partial charge in [0.25, 0.3) is 5.69 Å². The van der Waals surface area contributed by atoms with E-state index in [2.05, 4.69) is 35.5 Å². The van der Waals surface area contributed by atoms with Crippen LogP contribution in [0.5, 0.6) is 74.7 Å². The number of nitro benzene ring substituents is 1.